The van der Waals surface area contributed by atoms with Crippen LogP contribution in [-0.2, 0) is 4.74 Å². The Morgan fingerprint density at radius 3 is 2.30 bits per heavy atom. The Morgan fingerprint density at radius 1 is 0.950 bits per heavy atom. The summed E-state index contributed by atoms with van der Waals surface area (Å²) >= 11 is 0. The van der Waals surface area contributed by atoms with Crippen molar-refractivity contribution >= 4 is 0 Å². The molecule has 1 unspecified atom stereocenters. The van der Waals surface area contributed by atoms with Gasteiger partial charge in [0.1, 0.15) is 6.73 Å². The molecule has 1 aliphatic heterocycles. The molecule has 2 aromatic carbocycles. The molecule has 0 bridgehead atoms. The van der Waals surface area contributed by atoms with E-state index in [1.165, 1.54) is 5.56 Å². The first kappa shape index (κ1) is 12.9. The third-order valence-electron chi connectivity index (χ3n) is 3.39. The smallest absolute Gasteiger partial charge is 0.100 e. The zero-order chi connectivity index (χ0) is 13.6. The highest BCUT2D eigenvalue weighted by atomic mass is 16.5. The molecule has 20 heavy (non-hydrogen) atoms. The van der Waals surface area contributed by atoms with Gasteiger partial charge in [0, 0.05) is 12.1 Å². The lowest BCUT2D eigenvalue weighted by atomic mass is 10.1. The molecule has 0 aliphatic carbocycles. The van der Waals surface area contributed by atoms with Crippen LogP contribution in [0.1, 0.15) is 17.2 Å². The molecule has 1 saturated heterocycles. The second-order valence-corrected chi connectivity index (χ2v) is 4.80. The van der Waals surface area contributed by atoms with Crippen molar-refractivity contribution in [3.05, 3.63) is 71.8 Å². The molecule has 2 nitrogen and oxygen atoms in total. The van der Waals surface area contributed by atoms with E-state index >= 15 is 0 Å². The van der Waals surface area contributed by atoms with Crippen LogP contribution < -0.4 is 0 Å². The van der Waals surface area contributed by atoms with E-state index in [0.29, 0.717) is 6.73 Å². The van der Waals surface area contributed by atoms with Crippen molar-refractivity contribution in [3.63, 3.8) is 0 Å². The van der Waals surface area contributed by atoms with Gasteiger partial charge in [0.05, 0.1) is 12.6 Å². The molecule has 2 heteroatoms. The maximum Gasteiger partial charge on any atom is 0.100 e. The Bertz CT molecular complexity index is 592. The lowest BCUT2D eigenvalue weighted by Crippen LogP contribution is -2.25. The van der Waals surface area contributed by atoms with Gasteiger partial charge in [0.25, 0.3) is 0 Å². The van der Waals surface area contributed by atoms with Gasteiger partial charge in [-0.05, 0) is 17.7 Å². The Labute approximate surface area is 120 Å². The van der Waals surface area contributed by atoms with Gasteiger partial charge < -0.3 is 4.74 Å². The molecule has 0 spiro atoms. The first-order chi connectivity index (χ1) is 9.93. The van der Waals surface area contributed by atoms with Crippen molar-refractivity contribution in [2.75, 3.05) is 19.9 Å². The molecule has 2 aromatic rings. The minimum atomic E-state index is 0.0962. The van der Waals surface area contributed by atoms with E-state index in [2.05, 4.69) is 41.0 Å². The van der Waals surface area contributed by atoms with Crippen LogP contribution in [0.15, 0.2) is 60.7 Å². The van der Waals surface area contributed by atoms with E-state index in [0.717, 1.165) is 18.7 Å². The summed E-state index contributed by atoms with van der Waals surface area (Å²) < 4.78 is 5.47. The molecule has 1 heterocycles. The van der Waals surface area contributed by atoms with E-state index in [-0.39, 0.29) is 6.04 Å². The summed E-state index contributed by atoms with van der Waals surface area (Å²) in [6.07, 6.45) is 0. The highest BCUT2D eigenvalue weighted by Crippen LogP contribution is 2.22. The van der Waals surface area contributed by atoms with E-state index in [1.807, 2.05) is 36.4 Å². The van der Waals surface area contributed by atoms with E-state index < -0.39 is 0 Å². The van der Waals surface area contributed by atoms with E-state index in [1.54, 1.807) is 0 Å². The van der Waals surface area contributed by atoms with Gasteiger partial charge >= 0.3 is 0 Å². The predicted molar refractivity (Wildman–Crippen MR) is 80.0 cm³/mol. The fourth-order valence-corrected chi connectivity index (χ4v) is 2.33. The van der Waals surface area contributed by atoms with Crippen molar-refractivity contribution < 1.29 is 4.74 Å². The molecule has 0 aromatic heterocycles. The molecule has 0 saturated carbocycles. The first-order valence-electron chi connectivity index (χ1n) is 6.87. The highest BCUT2D eigenvalue weighted by Gasteiger charge is 2.21. The van der Waals surface area contributed by atoms with Crippen LogP contribution in [0.5, 0.6) is 0 Å². The standard InChI is InChI=1S/C18H17NO/c1-3-7-16(8-4-1)11-12-18(19-13-14-20-15-19)17-9-5-2-6-10-17/h1-10,18H,13-15H2. The highest BCUT2D eigenvalue weighted by molar-refractivity contribution is 5.37. The van der Waals surface area contributed by atoms with Crippen molar-refractivity contribution in [2.24, 2.45) is 0 Å². The number of benzene rings is 2. The van der Waals surface area contributed by atoms with Crippen LogP contribution in [-0.4, -0.2) is 24.8 Å². The van der Waals surface area contributed by atoms with Crippen molar-refractivity contribution in [1.29, 1.82) is 0 Å². The van der Waals surface area contributed by atoms with Gasteiger partial charge in [-0.15, -0.1) is 0 Å². The molecule has 3 rings (SSSR count). The quantitative estimate of drug-likeness (QED) is 0.772. The summed E-state index contributed by atoms with van der Waals surface area (Å²) in [7, 11) is 0. The molecular weight excluding hydrogens is 246 g/mol. The minimum Gasteiger partial charge on any atom is -0.365 e. The van der Waals surface area contributed by atoms with Crippen LogP contribution in [0.2, 0.25) is 0 Å². The number of nitrogens with zero attached hydrogens (tertiary/aromatic N) is 1. The average molecular weight is 263 g/mol. The molecule has 1 aliphatic rings. The largest absolute Gasteiger partial charge is 0.365 e. The SMILES string of the molecule is C(#CC(c1ccccc1)N1CCOC1)c1ccccc1. The predicted octanol–water partition coefficient (Wildman–Crippen LogP) is 3.07. The number of hydrogen-bond acceptors (Lipinski definition) is 2. The summed E-state index contributed by atoms with van der Waals surface area (Å²) in [5.74, 6) is 6.66. The van der Waals surface area contributed by atoms with Gasteiger partial charge in [0.2, 0.25) is 0 Å². The van der Waals surface area contributed by atoms with Crippen molar-refractivity contribution in [1.82, 2.24) is 4.90 Å². The maximum absolute atomic E-state index is 5.47. The minimum absolute atomic E-state index is 0.0962. The third-order valence-corrected chi connectivity index (χ3v) is 3.39. The van der Waals surface area contributed by atoms with Gasteiger partial charge in [0.15, 0.2) is 0 Å². The number of ether oxygens (including phenoxy) is 1. The molecule has 100 valence electrons. The molecule has 0 radical (unpaired) electrons. The molecule has 1 atom stereocenters. The van der Waals surface area contributed by atoms with Gasteiger partial charge in [-0.1, -0.05) is 60.4 Å². The normalized spacial score (nSPS) is 16.4. The third kappa shape index (κ3) is 3.08. The van der Waals surface area contributed by atoms with Gasteiger partial charge in [-0.25, -0.2) is 0 Å². The summed E-state index contributed by atoms with van der Waals surface area (Å²) in [4.78, 5) is 2.27. The molecule has 0 amide bonds. The second kappa shape index (κ2) is 6.38. The lowest BCUT2D eigenvalue weighted by molar-refractivity contribution is 0.129. The fourth-order valence-electron chi connectivity index (χ4n) is 2.33. The van der Waals surface area contributed by atoms with Crippen LogP contribution in [0.4, 0.5) is 0 Å². The Kier molecular flexibility index (Phi) is 4.13. The summed E-state index contributed by atoms with van der Waals surface area (Å²) in [6.45, 7) is 2.38. The van der Waals surface area contributed by atoms with Crippen molar-refractivity contribution in [3.8, 4) is 11.8 Å². The Balaban J connectivity index is 1.88. The molecule has 1 fully saturated rings. The monoisotopic (exact) mass is 263 g/mol. The summed E-state index contributed by atoms with van der Waals surface area (Å²) in [5.41, 5.74) is 2.27. The Hall–Kier alpha value is -2.08. The lowest BCUT2D eigenvalue weighted by Gasteiger charge is -2.21. The van der Waals surface area contributed by atoms with E-state index in [9.17, 15) is 0 Å². The number of rotatable bonds is 2. The summed E-state index contributed by atoms with van der Waals surface area (Å²) in [5, 5.41) is 0. The van der Waals surface area contributed by atoms with Crippen molar-refractivity contribution in [2.45, 2.75) is 6.04 Å². The van der Waals surface area contributed by atoms with Crippen LogP contribution in [0.25, 0.3) is 0 Å². The van der Waals surface area contributed by atoms with Crippen LogP contribution in [0, 0.1) is 11.8 Å². The average Bonchev–Trinajstić information content (AvgIpc) is 3.04. The fraction of sp³-hybridized carbons (Fsp3) is 0.222. The summed E-state index contributed by atoms with van der Waals surface area (Å²) in [6, 6.07) is 20.6. The van der Waals surface area contributed by atoms with E-state index in [4.69, 9.17) is 4.74 Å². The van der Waals surface area contributed by atoms with Crippen LogP contribution in [0.3, 0.4) is 0 Å². The van der Waals surface area contributed by atoms with Gasteiger partial charge in [-0.2, -0.15) is 0 Å². The number of hydrogen-bond donors (Lipinski definition) is 0. The topological polar surface area (TPSA) is 12.5 Å². The van der Waals surface area contributed by atoms with Gasteiger partial charge in [-0.3, -0.25) is 4.90 Å². The zero-order valence-corrected chi connectivity index (χ0v) is 11.3. The van der Waals surface area contributed by atoms with Crippen LogP contribution >= 0.6 is 0 Å². The zero-order valence-electron chi connectivity index (χ0n) is 11.3. The second-order valence-electron chi connectivity index (χ2n) is 4.80. The maximum atomic E-state index is 5.47. The molecule has 0 N–H and O–H groups in total. The first-order valence-corrected chi connectivity index (χ1v) is 6.87. The Morgan fingerprint density at radius 2 is 1.65 bits per heavy atom. The molecular formula is C18H17NO.